The highest BCUT2D eigenvalue weighted by Gasteiger charge is 2.57. The first-order chi connectivity index (χ1) is 6.73. The fourth-order valence-corrected chi connectivity index (χ4v) is 3.02. The zero-order valence-electron chi connectivity index (χ0n) is 8.45. The van der Waals surface area contributed by atoms with E-state index in [2.05, 4.69) is 6.07 Å². The van der Waals surface area contributed by atoms with E-state index in [1.54, 1.807) is 6.92 Å². The van der Waals surface area contributed by atoms with Gasteiger partial charge in [0.15, 0.2) is 5.41 Å². The smallest absolute Gasteiger partial charge is 0.326 e. The van der Waals surface area contributed by atoms with Crippen LogP contribution in [0.15, 0.2) is 0 Å². The molecule has 2 unspecified atom stereocenters. The average Bonchev–Trinajstić information content (AvgIpc) is 2.77. The number of ether oxygens (including phenoxy) is 1. The summed E-state index contributed by atoms with van der Waals surface area (Å²) >= 11 is 0. The highest BCUT2D eigenvalue weighted by atomic mass is 16.5. The van der Waals surface area contributed by atoms with Gasteiger partial charge in [0.05, 0.1) is 12.7 Å². The van der Waals surface area contributed by atoms with Crippen LogP contribution in [0.25, 0.3) is 0 Å². The zero-order chi connectivity index (χ0) is 10.2. The standard InChI is InChI=1S/C11H15NO2/c1-2-14-10(13)11(7-12)6-8-3-4-9(11)5-8/h8-9H,2-6H2,1H3/t8?,9?,11-/m0/s1. The van der Waals surface area contributed by atoms with Crippen molar-refractivity contribution in [3.05, 3.63) is 0 Å². The van der Waals surface area contributed by atoms with Crippen molar-refractivity contribution in [2.75, 3.05) is 6.61 Å². The van der Waals surface area contributed by atoms with E-state index in [1.165, 1.54) is 6.42 Å². The van der Waals surface area contributed by atoms with Crippen LogP contribution in [0.1, 0.15) is 32.6 Å². The van der Waals surface area contributed by atoms with Gasteiger partial charge >= 0.3 is 5.97 Å². The number of nitrogens with zero attached hydrogens (tertiary/aromatic N) is 1. The summed E-state index contributed by atoms with van der Waals surface area (Å²) in [5.41, 5.74) is -0.793. The number of nitriles is 1. The van der Waals surface area contributed by atoms with Crippen molar-refractivity contribution in [3.63, 3.8) is 0 Å². The predicted octanol–water partition coefficient (Wildman–Crippen LogP) is 1.88. The summed E-state index contributed by atoms with van der Waals surface area (Å²) in [5.74, 6) is 0.565. The second-order valence-corrected chi connectivity index (χ2v) is 4.38. The van der Waals surface area contributed by atoms with Crippen LogP contribution in [-0.4, -0.2) is 12.6 Å². The first-order valence-electron chi connectivity index (χ1n) is 5.31. The topological polar surface area (TPSA) is 50.1 Å². The Morgan fingerprint density at radius 1 is 1.64 bits per heavy atom. The van der Waals surface area contributed by atoms with Crippen molar-refractivity contribution in [2.24, 2.45) is 17.3 Å². The summed E-state index contributed by atoms with van der Waals surface area (Å²) in [6.45, 7) is 2.16. The summed E-state index contributed by atoms with van der Waals surface area (Å²) in [7, 11) is 0. The molecule has 0 N–H and O–H groups in total. The highest BCUT2D eigenvalue weighted by Crippen LogP contribution is 2.56. The van der Waals surface area contributed by atoms with E-state index in [-0.39, 0.29) is 11.9 Å². The van der Waals surface area contributed by atoms with Crippen molar-refractivity contribution < 1.29 is 9.53 Å². The molecule has 0 aromatic rings. The van der Waals surface area contributed by atoms with Crippen LogP contribution in [0, 0.1) is 28.6 Å². The number of rotatable bonds is 2. The molecule has 3 atom stereocenters. The molecule has 0 spiro atoms. The van der Waals surface area contributed by atoms with E-state index in [0.29, 0.717) is 12.5 Å². The molecule has 0 aromatic carbocycles. The maximum absolute atomic E-state index is 11.7. The van der Waals surface area contributed by atoms with Gasteiger partial charge in [-0.05, 0) is 38.0 Å². The summed E-state index contributed by atoms with van der Waals surface area (Å²) in [6, 6.07) is 2.22. The van der Waals surface area contributed by atoms with Crippen molar-refractivity contribution in [2.45, 2.75) is 32.6 Å². The van der Waals surface area contributed by atoms with Crippen LogP contribution < -0.4 is 0 Å². The third-order valence-electron chi connectivity index (χ3n) is 3.69. The normalized spacial score (nSPS) is 39.4. The van der Waals surface area contributed by atoms with Crippen molar-refractivity contribution in [1.82, 2.24) is 0 Å². The lowest BCUT2D eigenvalue weighted by molar-refractivity contribution is -0.154. The van der Waals surface area contributed by atoms with Gasteiger partial charge in [0.2, 0.25) is 0 Å². The van der Waals surface area contributed by atoms with E-state index in [4.69, 9.17) is 4.74 Å². The molecule has 3 nitrogen and oxygen atoms in total. The van der Waals surface area contributed by atoms with Crippen LogP contribution in [0.4, 0.5) is 0 Å². The second kappa shape index (κ2) is 3.27. The van der Waals surface area contributed by atoms with E-state index in [9.17, 15) is 10.1 Å². The Bertz CT molecular complexity index is 294. The fourth-order valence-electron chi connectivity index (χ4n) is 3.02. The summed E-state index contributed by atoms with van der Waals surface area (Å²) in [5, 5.41) is 9.18. The van der Waals surface area contributed by atoms with Gasteiger partial charge in [-0.3, -0.25) is 4.79 Å². The molecule has 2 fully saturated rings. The first-order valence-corrected chi connectivity index (χ1v) is 5.31. The maximum Gasteiger partial charge on any atom is 0.326 e. The van der Waals surface area contributed by atoms with E-state index < -0.39 is 5.41 Å². The van der Waals surface area contributed by atoms with Gasteiger partial charge in [0.1, 0.15) is 0 Å². The molecule has 2 rings (SSSR count). The molecule has 2 bridgehead atoms. The molecule has 14 heavy (non-hydrogen) atoms. The van der Waals surface area contributed by atoms with Crippen molar-refractivity contribution in [3.8, 4) is 6.07 Å². The lowest BCUT2D eigenvalue weighted by atomic mass is 9.74. The molecular weight excluding hydrogens is 178 g/mol. The largest absolute Gasteiger partial charge is 0.465 e. The predicted molar refractivity (Wildman–Crippen MR) is 50.1 cm³/mol. The molecule has 0 saturated heterocycles. The molecule has 0 amide bonds. The maximum atomic E-state index is 11.7. The Morgan fingerprint density at radius 2 is 2.43 bits per heavy atom. The van der Waals surface area contributed by atoms with Crippen molar-refractivity contribution in [1.29, 1.82) is 5.26 Å². The van der Waals surface area contributed by atoms with Crippen LogP contribution in [-0.2, 0) is 9.53 Å². The Morgan fingerprint density at radius 3 is 2.86 bits per heavy atom. The Kier molecular flexibility index (Phi) is 2.22. The Hall–Kier alpha value is -1.04. The molecule has 0 heterocycles. The van der Waals surface area contributed by atoms with Crippen LogP contribution in [0.5, 0.6) is 0 Å². The van der Waals surface area contributed by atoms with Gasteiger partial charge in [0.25, 0.3) is 0 Å². The van der Waals surface area contributed by atoms with Gasteiger partial charge in [0, 0.05) is 0 Å². The van der Waals surface area contributed by atoms with Crippen molar-refractivity contribution >= 4 is 5.97 Å². The van der Waals surface area contributed by atoms with E-state index in [1.807, 2.05) is 0 Å². The van der Waals surface area contributed by atoms with Gasteiger partial charge in [-0.15, -0.1) is 0 Å². The SMILES string of the molecule is CCOC(=O)[C@]1(C#N)CC2CCC1C2. The lowest BCUT2D eigenvalue weighted by Crippen LogP contribution is -2.36. The number of carbonyl (C=O) groups excluding carboxylic acids is 1. The molecular formula is C11H15NO2. The quantitative estimate of drug-likeness (QED) is 0.629. The highest BCUT2D eigenvalue weighted by molar-refractivity contribution is 5.81. The van der Waals surface area contributed by atoms with E-state index in [0.717, 1.165) is 19.3 Å². The minimum Gasteiger partial charge on any atom is -0.465 e. The lowest BCUT2D eigenvalue weighted by Gasteiger charge is -2.28. The third kappa shape index (κ3) is 1.13. The molecule has 3 heteroatoms. The minimum absolute atomic E-state index is 0.261. The third-order valence-corrected chi connectivity index (χ3v) is 3.69. The molecule has 76 valence electrons. The molecule has 2 saturated carbocycles. The Labute approximate surface area is 84.0 Å². The number of hydrogen-bond acceptors (Lipinski definition) is 3. The van der Waals surface area contributed by atoms with Crippen LogP contribution in [0.2, 0.25) is 0 Å². The second-order valence-electron chi connectivity index (χ2n) is 4.38. The summed E-state index contributed by atoms with van der Waals surface area (Å²) in [6.07, 6.45) is 3.99. The summed E-state index contributed by atoms with van der Waals surface area (Å²) < 4.78 is 5.01. The van der Waals surface area contributed by atoms with Gasteiger partial charge < -0.3 is 4.74 Å². The minimum atomic E-state index is -0.793. The van der Waals surface area contributed by atoms with Gasteiger partial charge in [-0.25, -0.2) is 0 Å². The molecule has 0 aromatic heterocycles. The number of fused-ring (bicyclic) bond motifs is 2. The zero-order valence-corrected chi connectivity index (χ0v) is 8.45. The molecule has 0 radical (unpaired) electrons. The van der Waals surface area contributed by atoms with Gasteiger partial charge in [-0.2, -0.15) is 5.26 Å². The molecule has 2 aliphatic rings. The summed E-state index contributed by atoms with van der Waals surface area (Å²) in [4.78, 5) is 11.7. The van der Waals surface area contributed by atoms with Crippen LogP contribution >= 0.6 is 0 Å². The fraction of sp³-hybridized carbons (Fsp3) is 0.818. The average molecular weight is 193 g/mol. The first kappa shape index (κ1) is 9.51. The monoisotopic (exact) mass is 193 g/mol. The van der Waals surface area contributed by atoms with E-state index >= 15 is 0 Å². The van der Waals surface area contributed by atoms with Crippen LogP contribution in [0.3, 0.4) is 0 Å². The Balaban J connectivity index is 2.20. The molecule has 2 aliphatic carbocycles. The van der Waals surface area contributed by atoms with Gasteiger partial charge in [-0.1, -0.05) is 6.42 Å². The number of hydrogen-bond donors (Lipinski definition) is 0. The number of esters is 1. The molecule has 0 aliphatic heterocycles. The number of carbonyl (C=O) groups is 1.